The molecule has 2 amide bonds. The number of methoxy groups -OCH3 is 2. The van der Waals surface area contributed by atoms with Gasteiger partial charge < -0.3 is 14.8 Å². The van der Waals surface area contributed by atoms with Crippen LogP contribution >= 0.6 is 0 Å². The van der Waals surface area contributed by atoms with E-state index < -0.39 is 18.1 Å². The van der Waals surface area contributed by atoms with Crippen LogP contribution in [0.4, 0.5) is 10.5 Å². The van der Waals surface area contributed by atoms with Gasteiger partial charge in [0.2, 0.25) is 5.91 Å². The first-order valence-electron chi connectivity index (χ1n) is 7.77. The van der Waals surface area contributed by atoms with Crippen LogP contribution in [0.5, 0.6) is 0 Å². The molecule has 0 bridgehead atoms. The maximum atomic E-state index is 12.5. The fraction of sp³-hybridized carbons (Fsp3) is 0.375. The summed E-state index contributed by atoms with van der Waals surface area (Å²) < 4.78 is 9.40. The second-order valence-electron chi connectivity index (χ2n) is 5.63. The van der Waals surface area contributed by atoms with Crippen molar-refractivity contribution in [2.75, 3.05) is 26.1 Å². The molecule has 0 radical (unpaired) electrons. The van der Waals surface area contributed by atoms with Crippen LogP contribution in [-0.2, 0) is 14.3 Å². The van der Waals surface area contributed by atoms with Crippen molar-refractivity contribution in [1.82, 2.24) is 15.1 Å². The number of ether oxygens (including phenoxy) is 2. The number of anilines is 1. The van der Waals surface area contributed by atoms with E-state index in [9.17, 15) is 14.4 Å². The molecule has 9 heteroatoms. The lowest BCUT2D eigenvalue weighted by Gasteiger charge is -2.22. The maximum Gasteiger partial charge on any atom is 0.410 e. The first kappa shape index (κ1) is 16.7. The van der Waals surface area contributed by atoms with Crippen molar-refractivity contribution in [3.05, 3.63) is 23.9 Å². The predicted molar refractivity (Wildman–Crippen MR) is 88.2 cm³/mol. The van der Waals surface area contributed by atoms with Gasteiger partial charge in [-0.3, -0.25) is 14.8 Å². The Bertz CT molecular complexity index is 831. The average Bonchev–Trinajstić information content (AvgIpc) is 3.27. The lowest BCUT2D eigenvalue weighted by Crippen LogP contribution is -2.43. The molecule has 2 aromatic rings. The summed E-state index contributed by atoms with van der Waals surface area (Å²) in [6.45, 7) is 0.484. The lowest BCUT2D eigenvalue weighted by molar-refractivity contribution is -0.119. The molecule has 1 saturated heterocycles. The van der Waals surface area contributed by atoms with Gasteiger partial charge in [0, 0.05) is 17.6 Å². The second kappa shape index (κ2) is 6.80. The molecule has 0 spiro atoms. The standard InChI is InChI=1S/C16H18N4O5/c1-24-15(22)13-10-8-9(5-6-11(10)18-19-13)17-14(21)12-4-3-7-20(12)16(23)25-2/h5-6,8,12H,3-4,7H2,1-2H3,(H,17,21)(H,18,19)/t12-/m1/s1. The number of hydrogen-bond donors (Lipinski definition) is 2. The van der Waals surface area contributed by atoms with Gasteiger partial charge in [0.25, 0.3) is 0 Å². The summed E-state index contributed by atoms with van der Waals surface area (Å²) in [5.74, 6) is -0.868. The first-order valence-corrected chi connectivity index (χ1v) is 7.77. The number of nitrogens with zero attached hydrogens (tertiary/aromatic N) is 2. The topological polar surface area (TPSA) is 114 Å². The Hall–Kier alpha value is -3.10. The number of amides is 2. The van der Waals surface area contributed by atoms with Crippen LogP contribution in [0.25, 0.3) is 10.9 Å². The Morgan fingerprint density at radius 3 is 2.80 bits per heavy atom. The fourth-order valence-corrected chi connectivity index (χ4v) is 2.94. The number of esters is 1. The molecule has 0 saturated carbocycles. The molecule has 0 unspecified atom stereocenters. The summed E-state index contributed by atoms with van der Waals surface area (Å²) in [7, 11) is 2.56. The van der Waals surface area contributed by atoms with Gasteiger partial charge in [-0.2, -0.15) is 5.10 Å². The normalized spacial score (nSPS) is 16.7. The molecule has 1 aliphatic rings. The van der Waals surface area contributed by atoms with Gasteiger partial charge in [0.05, 0.1) is 19.7 Å². The lowest BCUT2D eigenvalue weighted by atomic mass is 10.1. The van der Waals surface area contributed by atoms with Crippen molar-refractivity contribution >= 4 is 34.6 Å². The van der Waals surface area contributed by atoms with Gasteiger partial charge >= 0.3 is 12.1 Å². The molecule has 2 heterocycles. The minimum absolute atomic E-state index is 0.144. The molecule has 1 fully saturated rings. The Morgan fingerprint density at radius 1 is 1.28 bits per heavy atom. The van der Waals surface area contributed by atoms with Gasteiger partial charge in [-0.1, -0.05) is 0 Å². The molecule has 1 atom stereocenters. The van der Waals surface area contributed by atoms with Crippen molar-refractivity contribution in [2.45, 2.75) is 18.9 Å². The Morgan fingerprint density at radius 2 is 2.08 bits per heavy atom. The summed E-state index contributed by atoms with van der Waals surface area (Å²) in [6.07, 6.45) is 0.791. The van der Waals surface area contributed by atoms with Crippen LogP contribution in [0, 0.1) is 0 Å². The van der Waals surface area contributed by atoms with Crippen LogP contribution < -0.4 is 5.32 Å². The highest BCUT2D eigenvalue weighted by Crippen LogP contribution is 2.23. The smallest absolute Gasteiger partial charge is 0.410 e. The van der Waals surface area contributed by atoms with E-state index in [1.807, 2.05) is 0 Å². The van der Waals surface area contributed by atoms with Crippen LogP contribution in [0.15, 0.2) is 18.2 Å². The van der Waals surface area contributed by atoms with Gasteiger partial charge in [0.15, 0.2) is 5.69 Å². The molecule has 9 nitrogen and oxygen atoms in total. The van der Waals surface area contributed by atoms with Crippen molar-refractivity contribution < 1.29 is 23.9 Å². The molecule has 25 heavy (non-hydrogen) atoms. The number of fused-ring (bicyclic) bond motifs is 1. The van der Waals surface area contributed by atoms with E-state index in [1.54, 1.807) is 18.2 Å². The number of nitrogens with one attached hydrogen (secondary N) is 2. The van der Waals surface area contributed by atoms with Crippen molar-refractivity contribution in [1.29, 1.82) is 0 Å². The molecular weight excluding hydrogens is 328 g/mol. The third kappa shape index (κ3) is 3.12. The number of H-pyrrole nitrogens is 1. The molecule has 3 rings (SSSR count). The minimum atomic E-state index is -0.576. The molecule has 1 aliphatic heterocycles. The number of rotatable bonds is 3. The Kier molecular flexibility index (Phi) is 4.55. The number of likely N-dealkylation sites (tertiary alicyclic amines) is 1. The highest BCUT2D eigenvalue weighted by atomic mass is 16.5. The number of carbonyl (C=O) groups excluding carboxylic acids is 3. The van der Waals surface area contributed by atoms with E-state index in [0.717, 1.165) is 6.42 Å². The molecular formula is C16H18N4O5. The number of benzene rings is 1. The van der Waals surface area contributed by atoms with Gasteiger partial charge in [-0.05, 0) is 31.0 Å². The quantitative estimate of drug-likeness (QED) is 0.815. The van der Waals surface area contributed by atoms with E-state index in [-0.39, 0.29) is 11.6 Å². The van der Waals surface area contributed by atoms with E-state index in [1.165, 1.54) is 19.1 Å². The van der Waals surface area contributed by atoms with Crippen LogP contribution in [0.2, 0.25) is 0 Å². The molecule has 2 N–H and O–H groups in total. The monoisotopic (exact) mass is 346 g/mol. The van der Waals surface area contributed by atoms with Crippen molar-refractivity contribution in [3.8, 4) is 0 Å². The summed E-state index contributed by atoms with van der Waals surface area (Å²) in [4.78, 5) is 37.4. The maximum absolute atomic E-state index is 12.5. The van der Waals surface area contributed by atoms with Crippen LogP contribution in [0.3, 0.4) is 0 Å². The summed E-state index contributed by atoms with van der Waals surface area (Å²) in [5.41, 5.74) is 1.29. The van der Waals surface area contributed by atoms with Crippen LogP contribution in [0.1, 0.15) is 23.3 Å². The van der Waals surface area contributed by atoms with Crippen molar-refractivity contribution in [2.24, 2.45) is 0 Å². The van der Waals surface area contributed by atoms with E-state index in [4.69, 9.17) is 9.47 Å². The predicted octanol–water partition coefficient (Wildman–Crippen LogP) is 1.52. The largest absolute Gasteiger partial charge is 0.464 e. The first-order chi connectivity index (χ1) is 12.0. The Balaban J connectivity index is 1.81. The fourth-order valence-electron chi connectivity index (χ4n) is 2.94. The van der Waals surface area contributed by atoms with E-state index in [2.05, 4.69) is 15.5 Å². The zero-order chi connectivity index (χ0) is 18.0. The van der Waals surface area contributed by atoms with Gasteiger partial charge in [-0.25, -0.2) is 9.59 Å². The third-order valence-corrected chi connectivity index (χ3v) is 4.17. The van der Waals surface area contributed by atoms with E-state index in [0.29, 0.717) is 29.6 Å². The summed E-state index contributed by atoms with van der Waals surface area (Å²) in [6, 6.07) is 4.46. The molecule has 1 aromatic heterocycles. The summed E-state index contributed by atoms with van der Waals surface area (Å²) >= 11 is 0. The Labute approximate surface area is 143 Å². The SMILES string of the molecule is COC(=O)c1n[nH]c2ccc(NC(=O)[C@H]3CCCN3C(=O)OC)cc12. The number of aromatic amines is 1. The second-order valence-corrected chi connectivity index (χ2v) is 5.63. The molecule has 0 aliphatic carbocycles. The number of carbonyl (C=O) groups is 3. The number of hydrogen-bond acceptors (Lipinski definition) is 6. The third-order valence-electron chi connectivity index (χ3n) is 4.17. The van der Waals surface area contributed by atoms with E-state index >= 15 is 0 Å². The van der Waals surface area contributed by atoms with Crippen LogP contribution in [-0.4, -0.2) is 59.9 Å². The average molecular weight is 346 g/mol. The zero-order valence-corrected chi connectivity index (χ0v) is 13.9. The molecule has 132 valence electrons. The van der Waals surface area contributed by atoms with Crippen molar-refractivity contribution in [3.63, 3.8) is 0 Å². The number of aromatic nitrogens is 2. The zero-order valence-electron chi connectivity index (χ0n) is 13.9. The minimum Gasteiger partial charge on any atom is -0.464 e. The highest BCUT2D eigenvalue weighted by Gasteiger charge is 2.34. The molecule has 1 aromatic carbocycles. The summed E-state index contributed by atoms with van der Waals surface area (Å²) in [5, 5.41) is 9.98. The van der Waals surface area contributed by atoms with Gasteiger partial charge in [-0.15, -0.1) is 0 Å². The highest BCUT2D eigenvalue weighted by molar-refractivity contribution is 6.04. The van der Waals surface area contributed by atoms with Gasteiger partial charge in [0.1, 0.15) is 6.04 Å².